The van der Waals surface area contributed by atoms with Gasteiger partial charge in [0.1, 0.15) is 11.6 Å². The summed E-state index contributed by atoms with van der Waals surface area (Å²) in [5, 5.41) is -0.291. The zero-order valence-corrected chi connectivity index (χ0v) is 15.7. The summed E-state index contributed by atoms with van der Waals surface area (Å²) in [6.45, 7) is 0. The van der Waals surface area contributed by atoms with Crippen LogP contribution in [0.3, 0.4) is 0 Å². The first-order chi connectivity index (χ1) is 11.8. The number of hydrogen-bond donors (Lipinski definition) is 2. The number of sulfonamides is 1. The zero-order valence-electron chi connectivity index (χ0n) is 13.3. The fourth-order valence-electron chi connectivity index (χ4n) is 2.96. The largest absolute Gasteiger partial charge is 0.496 e. The molecule has 1 unspecified atom stereocenters. The number of carbonyl (C=O) groups excluding carboxylic acids is 1. The number of benzene rings is 1. The standard InChI is InChI=1S/C16H16BrN3O4S/c1-24-12-8-7-11(17)9-5-6-10(15(9)12)16(21)20-25(22,23)14-4-2-3-13(18)19-14/h2-4,7-8,10H,5-6H2,1H3,(H2,18,19)(H,20,21). The molecule has 0 saturated heterocycles. The predicted octanol–water partition coefficient (Wildman–Crippen LogP) is 1.97. The van der Waals surface area contributed by atoms with Crippen molar-refractivity contribution in [3.8, 4) is 5.75 Å². The lowest BCUT2D eigenvalue weighted by Gasteiger charge is -2.16. The van der Waals surface area contributed by atoms with Crippen LogP contribution in [0.2, 0.25) is 0 Å². The maximum Gasteiger partial charge on any atom is 0.281 e. The number of rotatable bonds is 4. The first-order valence-electron chi connectivity index (χ1n) is 7.48. The van der Waals surface area contributed by atoms with Crippen molar-refractivity contribution in [2.45, 2.75) is 23.8 Å². The van der Waals surface area contributed by atoms with Crippen LogP contribution in [0, 0.1) is 0 Å². The Morgan fingerprint density at radius 1 is 1.36 bits per heavy atom. The fourth-order valence-corrected chi connectivity index (χ4v) is 4.50. The van der Waals surface area contributed by atoms with Crippen LogP contribution in [0.5, 0.6) is 5.75 Å². The van der Waals surface area contributed by atoms with Gasteiger partial charge in [-0.1, -0.05) is 22.0 Å². The van der Waals surface area contributed by atoms with Crippen molar-refractivity contribution in [3.63, 3.8) is 0 Å². The van der Waals surface area contributed by atoms with Gasteiger partial charge in [0.05, 0.1) is 13.0 Å². The highest BCUT2D eigenvalue weighted by atomic mass is 79.9. The molecule has 1 heterocycles. The van der Waals surface area contributed by atoms with Crippen LogP contribution in [0.1, 0.15) is 23.5 Å². The van der Waals surface area contributed by atoms with E-state index in [-0.39, 0.29) is 10.8 Å². The van der Waals surface area contributed by atoms with Crippen molar-refractivity contribution in [2.75, 3.05) is 12.8 Å². The van der Waals surface area contributed by atoms with E-state index >= 15 is 0 Å². The molecule has 3 rings (SSSR count). The molecule has 1 aliphatic rings. The van der Waals surface area contributed by atoms with Crippen molar-refractivity contribution in [1.82, 2.24) is 9.71 Å². The van der Waals surface area contributed by atoms with Gasteiger partial charge in [0.15, 0.2) is 5.03 Å². The van der Waals surface area contributed by atoms with Crippen LogP contribution in [-0.4, -0.2) is 26.4 Å². The number of ether oxygens (including phenoxy) is 1. The van der Waals surface area contributed by atoms with Gasteiger partial charge in [0.25, 0.3) is 10.0 Å². The van der Waals surface area contributed by atoms with E-state index in [1.807, 2.05) is 6.07 Å². The second-order valence-electron chi connectivity index (χ2n) is 5.60. The van der Waals surface area contributed by atoms with Crippen molar-refractivity contribution in [2.24, 2.45) is 0 Å². The Balaban J connectivity index is 1.91. The number of nitrogens with two attached hydrogens (primary N) is 1. The van der Waals surface area contributed by atoms with Crippen LogP contribution in [0.25, 0.3) is 0 Å². The minimum absolute atomic E-state index is 0.0622. The van der Waals surface area contributed by atoms with E-state index in [2.05, 4.69) is 25.6 Å². The highest BCUT2D eigenvalue weighted by Gasteiger charge is 2.35. The van der Waals surface area contributed by atoms with Crippen LogP contribution in [-0.2, 0) is 21.2 Å². The van der Waals surface area contributed by atoms with Crippen LogP contribution < -0.4 is 15.2 Å². The number of aromatic nitrogens is 1. The third-order valence-corrected chi connectivity index (χ3v) is 6.07. The molecule has 7 nitrogen and oxygen atoms in total. The van der Waals surface area contributed by atoms with E-state index in [1.165, 1.54) is 25.3 Å². The van der Waals surface area contributed by atoms with E-state index in [0.717, 1.165) is 10.0 Å². The minimum atomic E-state index is -4.09. The number of fused-ring (bicyclic) bond motifs is 1. The molecule has 132 valence electrons. The normalized spacial score (nSPS) is 16.3. The molecule has 0 aliphatic heterocycles. The number of carbonyl (C=O) groups is 1. The SMILES string of the molecule is COc1ccc(Br)c2c1C(C(=O)NS(=O)(=O)c1cccc(N)n1)CC2. The number of nitrogens with one attached hydrogen (secondary N) is 1. The Labute approximate surface area is 153 Å². The maximum absolute atomic E-state index is 12.6. The Hall–Kier alpha value is -2.13. The number of methoxy groups -OCH3 is 1. The average Bonchev–Trinajstić information content (AvgIpc) is 3.01. The van der Waals surface area contributed by atoms with Gasteiger partial charge in [0.2, 0.25) is 5.91 Å². The van der Waals surface area contributed by atoms with E-state index in [0.29, 0.717) is 24.2 Å². The summed E-state index contributed by atoms with van der Waals surface area (Å²) in [5.74, 6) is -0.597. The molecule has 0 bridgehead atoms. The number of hydrogen-bond acceptors (Lipinski definition) is 6. The van der Waals surface area contributed by atoms with Crippen LogP contribution in [0.15, 0.2) is 39.8 Å². The summed E-state index contributed by atoms with van der Waals surface area (Å²) >= 11 is 3.46. The molecule has 25 heavy (non-hydrogen) atoms. The molecule has 1 atom stereocenters. The Morgan fingerprint density at radius 2 is 2.12 bits per heavy atom. The number of anilines is 1. The molecule has 0 radical (unpaired) electrons. The summed E-state index contributed by atoms with van der Waals surface area (Å²) in [6, 6.07) is 7.82. The maximum atomic E-state index is 12.6. The predicted molar refractivity (Wildman–Crippen MR) is 95.7 cm³/mol. The van der Waals surface area contributed by atoms with Crippen LogP contribution >= 0.6 is 15.9 Å². The molecule has 3 N–H and O–H groups in total. The Morgan fingerprint density at radius 3 is 2.80 bits per heavy atom. The van der Waals surface area contributed by atoms with Gasteiger partial charge in [-0.15, -0.1) is 0 Å². The number of nitrogen functional groups attached to an aromatic ring is 1. The van der Waals surface area contributed by atoms with Crippen molar-refractivity contribution < 1.29 is 17.9 Å². The summed E-state index contributed by atoms with van der Waals surface area (Å²) < 4.78 is 33.1. The molecule has 2 aromatic rings. The topological polar surface area (TPSA) is 111 Å². The van der Waals surface area contributed by atoms with E-state index in [4.69, 9.17) is 10.5 Å². The third kappa shape index (κ3) is 3.34. The van der Waals surface area contributed by atoms with Gasteiger partial charge in [-0.05, 0) is 42.7 Å². The third-order valence-electron chi connectivity index (χ3n) is 4.08. The molecule has 1 aromatic heterocycles. The molecular formula is C16H16BrN3O4S. The molecule has 0 spiro atoms. The quantitative estimate of drug-likeness (QED) is 0.774. The lowest BCUT2D eigenvalue weighted by molar-refractivity contribution is -0.120. The molecular weight excluding hydrogens is 410 g/mol. The highest BCUT2D eigenvalue weighted by molar-refractivity contribution is 9.10. The summed E-state index contributed by atoms with van der Waals surface area (Å²) in [4.78, 5) is 16.4. The number of halogens is 1. The zero-order chi connectivity index (χ0) is 18.2. The minimum Gasteiger partial charge on any atom is -0.496 e. The first kappa shape index (κ1) is 17.7. The van der Waals surface area contributed by atoms with Crippen LogP contribution in [0.4, 0.5) is 5.82 Å². The highest BCUT2D eigenvalue weighted by Crippen LogP contribution is 2.43. The molecule has 0 saturated carbocycles. The molecule has 9 heteroatoms. The second-order valence-corrected chi connectivity index (χ2v) is 8.09. The van der Waals surface area contributed by atoms with Gasteiger partial charge >= 0.3 is 0 Å². The van der Waals surface area contributed by atoms with Crippen molar-refractivity contribution in [1.29, 1.82) is 0 Å². The first-order valence-corrected chi connectivity index (χ1v) is 9.75. The van der Waals surface area contributed by atoms with Gasteiger partial charge in [-0.2, -0.15) is 8.42 Å². The lowest BCUT2D eigenvalue weighted by Crippen LogP contribution is -2.34. The van der Waals surface area contributed by atoms with Crippen molar-refractivity contribution in [3.05, 3.63) is 45.9 Å². The van der Waals surface area contributed by atoms with E-state index < -0.39 is 21.8 Å². The molecule has 1 aliphatic carbocycles. The Bertz CT molecular complexity index is 946. The molecule has 1 amide bonds. The summed E-state index contributed by atoms with van der Waals surface area (Å²) in [6.07, 6.45) is 1.15. The van der Waals surface area contributed by atoms with E-state index in [9.17, 15) is 13.2 Å². The fraction of sp³-hybridized carbons (Fsp3) is 0.250. The second kappa shape index (κ2) is 6.64. The van der Waals surface area contributed by atoms with Gasteiger partial charge < -0.3 is 10.5 Å². The number of nitrogens with zero attached hydrogens (tertiary/aromatic N) is 1. The monoisotopic (exact) mass is 425 g/mol. The smallest absolute Gasteiger partial charge is 0.281 e. The van der Waals surface area contributed by atoms with Crippen molar-refractivity contribution >= 4 is 37.7 Å². The molecule has 0 fully saturated rings. The summed E-state index contributed by atoms with van der Waals surface area (Å²) in [5.41, 5.74) is 7.19. The average molecular weight is 426 g/mol. The summed E-state index contributed by atoms with van der Waals surface area (Å²) in [7, 11) is -2.58. The Kier molecular flexibility index (Phi) is 4.70. The number of pyridine rings is 1. The van der Waals surface area contributed by atoms with Gasteiger partial charge in [-0.3, -0.25) is 4.79 Å². The number of amides is 1. The van der Waals surface area contributed by atoms with E-state index in [1.54, 1.807) is 6.07 Å². The van der Waals surface area contributed by atoms with Gasteiger partial charge in [0, 0.05) is 10.0 Å². The molecule has 1 aromatic carbocycles. The lowest BCUT2D eigenvalue weighted by atomic mass is 10.00. The van der Waals surface area contributed by atoms with Gasteiger partial charge in [-0.25, -0.2) is 9.71 Å².